The van der Waals surface area contributed by atoms with E-state index in [1.165, 1.54) is 0 Å². The predicted octanol–water partition coefficient (Wildman–Crippen LogP) is 2.06. The van der Waals surface area contributed by atoms with Gasteiger partial charge >= 0.3 is 0 Å². The molecule has 2 rings (SSSR count). The number of aromatic hydroxyl groups is 1. The van der Waals surface area contributed by atoms with Crippen LogP contribution in [-0.2, 0) is 0 Å². The number of hydrogen-bond donors (Lipinski definition) is 3. The second-order valence-electron chi connectivity index (χ2n) is 4.66. The molecular weight excluding hydrogens is 216 g/mol. The van der Waals surface area contributed by atoms with Gasteiger partial charge in [-0.2, -0.15) is 0 Å². The molecule has 3 N–H and O–H groups in total. The second-order valence-corrected chi connectivity index (χ2v) is 4.66. The standard InChI is InChI=1S/C13H16N2O2/c1-13(2,8-16)14-7-10-9-5-3-4-6-11(9)15-12(10)17/h3-7,15-17H,8H2,1-2H3. The van der Waals surface area contributed by atoms with Gasteiger partial charge in [-0.15, -0.1) is 0 Å². The van der Waals surface area contributed by atoms with E-state index in [0.717, 1.165) is 10.9 Å². The van der Waals surface area contributed by atoms with E-state index in [9.17, 15) is 5.11 Å². The molecule has 0 unspecified atom stereocenters. The van der Waals surface area contributed by atoms with Crippen LogP contribution in [0, 0.1) is 0 Å². The molecule has 2 aromatic rings. The Morgan fingerprint density at radius 2 is 2.06 bits per heavy atom. The Morgan fingerprint density at radius 1 is 1.35 bits per heavy atom. The quantitative estimate of drug-likeness (QED) is 0.709. The fourth-order valence-corrected chi connectivity index (χ4v) is 1.56. The Balaban J connectivity index is 2.45. The van der Waals surface area contributed by atoms with Crippen LogP contribution in [-0.4, -0.2) is 33.6 Å². The summed E-state index contributed by atoms with van der Waals surface area (Å²) >= 11 is 0. The van der Waals surface area contributed by atoms with E-state index in [0.29, 0.717) is 5.56 Å². The van der Waals surface area contributed by atoms with E-state index in [4.69, 9.17) is 5.11 Å². The van der Waals surface area contributed by atoms with Crippen molar-refractivity contribution in [2.24, 2.45) is 4.99 Å². The Hall–Kier alpha value is -1.81. The number of aromatic nitrogens is 1. The summed E-state index contributed by atoms with van der Waals surface area (Å²) in [5.41, 5.74) is 0.987. The van der Waals surface area contributed by atoms with Crippen LogP contribution in [0.2, 0.25) is 0 Å². The monoisotopic (exact) mass is 232 g/mol. The van der Waals surface area contributed by atoms with Crippen LogP contribution in [0.4, 0.5) is 0 Å². The first kappa shape index (κ1) is 11.7. The summed E-state index contributed by atoms with van der Waals surface area (Å²) in [4.78, 5) is 7.16. The average Bonchev–Trinajstić information content (AvgIpc) is 2.62. The molecule has 0 saturated carbocycles. The predicted molar refractivity (Wildman–Crippen MR) is 68.7 cm³/mol. The maximum atomic E-state index is 9.79. The zero-order chi connectivity index (χ0) is 12.5. The number of aliphatic hydroxyl groups excluding tert-OH is 1. The van der Waals surface area contributed by atoms with Crippen molar-refractivity contribution in [3.63, 3.8) is 0 Å². The minimum Gasteiger partial charge on any atom is -0.494 e. The van der Waals surface area contributed by atoms with Crippen LogP contribution >= 0.6 is 0 Å². The first-order valence-electron chi connectivity index (χ1n) is 5.49. The van der Waals surface area contributed by atoms with Gasteiger partial charge in [-0.3, -0.25) is 4.99 Å². The lowest BCUT2D eigenvalue weighted by molar-refractivity contribution is 0.223. The van der Waals surface area contributed by atoms with Gasteiger partial charge in [0.1, 0.15) is 0 Å². The normalized spacial score (nSPS) is 12.6. The molecular formula is C13H16N2O2. The summed E-state index contributed by atoms with van der Waals surface area (Å²) in [6.07, 6.45) is 1.60. The third-order valence-electron chi connectivity index (χ3n) is 2.66. The topological polar surface area (TPSA) is 68.6 Å². The van der Waals surface area contributed by atoms with Crippen molar-refractivity contribution in [3.05, 3.63) is 29.8 Å². The Bertz CT molecular complexity index is 556. The summed E-state index contributed by atoms with van der Waals surface area (Å²) in [6, 6.07) is 7.61. The first-order chi connectivity index (χ1) is 8.03. The molecule has 0 spiro atoms. The molecule has 1 aromatic heterocycles. The molecule has 0 aliphatic carbocycles. The fraction of sp³-hybridized carbons (Fsp3) is 0.308. The third-order valence-corrected chi connectivity index (χ3v) is 2.66. The van der Waals surface area contributed by atoms with Crippen LogP contribution in [0.3, 0.4) is 0 Å². The minimum atomic E-state index is -0.537. The maximum Gasteiger partial charge on any atom is 0.198 e. The number of nitrogens with one attached hydrogen (secondary N) is 1. The number of nitrogens with zero attached hydrogens (tertiary/aromatic N) is 1. The highest BCUT2D eigenvalue weighted by Gasteiger charge is 2.14. The number of H-pyrrole nitrogens is 1. The van der Waals surface area contributed by atoms with Crippen molar-refractivity contribution in [3.8, 4) is 5.88 Å². The fourth-order valence-electron chi connectivity index (χ4n) is 1.56. The van der Waals surface area contributed by atoms with Gasteiger partial charge in [-0.25, -0.2) is 0 Å². The van der Waals surface area contributed by atoms with E-state index in [1.807, 2.05) is 38.1 Å². The number of fused-ring (bicyclic) bond motifs is 1. The van der Waals surface area contributed by atoms with E-state index < -0.39 is 5.54 Å². The van der Waals surface area contributed by atoms with Gasteiger partial charge < -0.3 is 15.2 Å². The first-order valence-corrected chi connectivity index (χ1v) is 5.49. The number of para-hydroxylation sites is 1. The van der Waals surface area contributed by atoms with Crippen molar-refractivity contribution in [2.45, 2.75) is 19.4 Å². The van der Waals surface area contributed by atoms with Crippen molar-refractivity contribution in [1.82, 2.24) is 4.98 Å². The van der Waals surface area contributed by atoms with Crippen molar-refractivity contribution >= 4 is 17.1 Å². The van der Waals surface area contributed by atoms with Gasteiger partial charge in [0.2, 0.25) is 0 Å². The second kappa shape index (κ2) is 4.22. The lowest BCUT2D eigenvalue weighted by Crippen LogP contribution is -2.21. The number of hydrogen-bond acceptors (Lipinski definition) is 3. The van der Waals surface area contributed by atoms with Gasteiger partial charge in [0.15, 0.2) is 5.88 Å². The van der Waals surface area contributed by atoms with E-state index in [-0.39, 0.29) is 12.5 Å². The molecule has 17 heavy (non-hydrogen) atoms. The largest absolute Gasteiger partial charge is 0.494 e. The highest BCUT2D eigenvalue weighted by Crippen LogP contribution is 2.25. The zero-order valence-electron chi connectivity index (χ0n) is 9.94. The minimum absolute atomic E-state index is 0.0351. The molecule has 0 saturated heterocycles. The van der Waals surface area contributed by atoms with Gasteiger partial charge in [0.25, 0.3) is 0 Å². The molecule has 4 nitrogen and oxygen atoms in total. The van der Waals surface area contributed by atoms with Gasteiger partial charge in [-0.05, 0) is 19.9 Å². The molecule has 0 aliphatic rings. The van der Waals surface area contributed by atoms with Crippen molar-refractivity contribution < 1.29 is 10.2 Å². The summed E-state index contributed by atoms with van der Waals surface area (Å²) < 4.78 is 0. The van der Waals surface area contributed by atoms with Crippen LogP contribution in [0.5, 0.6) is 5.88 Å². The average molecular weight is 232 g/mol. The summed E-state index contributed by atoms with van der Waals surface area (Å²) in [5, 5.41) is 19.8. The van der Waals surface area contributed by atoms with Gasteiger partial charge in [0.05, 0.1) is 17.7 Å². The van der Waals surface area contributed by atoms with Crippen LogP contribution < -0.4 is 0 Å². The lowest BCUT2D eigenvalue weighted by Gasteiger charge is -2.14. The smallest absolute Gasteiger partial charge is 0.198 e. The molecule has 0 amide bonds. The maximum absolute atomic E-state index is 9.79. The third kappa shape index (κ3) is 2.31. The van der Waals surface area contributed by atoms with Crippen LogP contribution in [0.25, 0.3) is 10.9 Å². The van der Waals surface area contributed by atoms with Crippen LogP contribution in [0.15, 0.2) is 29.3 Å². The molecule has 0 atom stereocenters. The molecule has 0 radical (unpaired) electrons. The Kier molecular flexibility index (Phi) is 2.90. The SMILES string of the molecule is CC(C)(CO)N=Cc1c(O)[nH]c2ccccc12. The number of aliphatic hydroxyl groups is 1. The highest BCUT2D eigenvalue weighted by atomic mass is 16.3. The molecule has 1 heterocycles. The number of benzene rings is 1. The zero-order valence-corrected chi connectivity index (χ0v) is 9.94. The van der Waals surface area contributed by atoms with Crippen molar-refractivity contribution in [1.29, 1.82) is 0 Å². The Morgan fingerprint density at radius 3 is 2.76 bits per heavy atom. The lowest BCUT2D eigenvalue weighted by atomic mass is 10.1. The molecule has 4 heteroatoms. The molecule has 90 valence electrons. The summed E-state index contributed by atoms with van der Waals surface area (Å²) in [7, 11) is 0. The molecule has 0 aliphatic heterocycles. The molecule has 0 fully saturated rings. The van der Waals surface area contributed by atoms with E-state index in [2.05, 4.69) is 9.98 Å². The van der Waals surface area contributed by atoms with Crippen molar-refractivity contribution in [2.75, 3.05) is 6.61 Å². The number of rotatable bonds is 3. The van der Waals surface area contributed by atoms with Gasteiger partial charge in [-0.1, -0.05) is 18.2 Å². The highest BCUT2D eigenvalue weighted by molar-refractivity contribution is 6.01. The number of aliphatic imine (C=N–C) groups is 1. The Labute approximate surface area is 99.6 Å². The summed E-state index contributed by atoms with van der Waals surface area (Å²) in [6.45, 7) is 3.62. The molecule has 0 bridgehead atoms. The van der Waals surface area contributed by atoms with Crippen LogP contribution in [0.1, 0.15) is 19.4 Å². The van der Waals surface area contributed by atoms with E-state index in [1.54, 1.807) is 6.21 Å². The molecule has 1 aromatic carbocycles. The number of aromatic amines is 1. The van der Waals surface area contributed by atoms with E-state index >= 15 is 0 Å². The van der Waals surface area contributed by atoms with Gasteiger partial charge in [0, 0.05) is 17.1 Å². The summed E-state index contributed by atoms with van der Waals surface area (Å²) in [5.74, 6) is 0.101.